The third-order valence-electron chi connectivity index (χ3n) is 4.19. The smallest absolute Gasteiger partial charge is 0.330 e. The van der Waals surface area contributed by atoms with E-state index in [4.69, 9.17) is 10.5 Å². The first-order valence-electron chi connectivity index (χ1n) is 9.30. The molecule has 0 fully saturated rings. The molecule has 0 saturated heterocycles. The molecule has 156 valence electrons. The number of hydrogen-bond donors (Lipinski definition) is 2. The summed E-state index contributed by atoms with van der Waals surface area (Å²) in [7, 11) is 0. The van der Waals surface area contributed by atoms with Crippen molar-refractivity contribution in [2.24, 2.45) is 5.73 Å². The number of benzene rings is 2. The van der Waals surface area contributed by atoms with Crippen LogP contribution >= 0.6 is 0 Å². The Balaban J connectivity index is 2.20. The summed E-state index contributed by atoms with van der Waals surface area (Å²) in [6.45, 7) is 5.39. The molecule has 0 aliphatic carbocycles. The summed E-state index contributed by atoms with van der Waals surface area (Å²) < 4.78 is 18.6. The maximum absolute atomic E-state index is 13.8. The van der Waals surface area contributed by atoms with E-state index in [-0.39, 0.29) is 18.1 Å². The number of amides is 2. The number of hydrogen-bond acceptors (Lipinski definition) is 4. The van der Waals surface area contributed by atoms with Gasteiger partial charge in [0.25, 0.3) is 0 Å². The molecular weight excluding hydrogens is 387 g/mol. The molecule has 3 N–H and O–H groups in total. The number of carbonyl (C=O) groups excluding carboxylic acids is 3. The zero-order chi connectivity index (χ0) is 22.1. The molecule has 30 heavy (non-hydrogen) atoms. The standard InChI is InChI=1S/C23H23FN2O4/c1-3-21(27)26-20(9-10-22(28)30-4-2)11-15-5-7-16(8-6-15)17-12-18(23(25)29)14-19(24)13-17/h3,5-10,12-14,20H,1,4,11H2,2H3,(H2,25,29)(H,26,27)/b10-9+/t20-/m0/s1. The molecule has 2 rings (SSSR count). The predicted molar refractivity (Wildman–Crippen MR) is 112 cm³/mol. The van der Waals surface area contributed by atoms with Crippen molar-refractivity contribution < 1.29 is 23.5 Å². The highest BCUT2D eigenvalue weighted by Gasteiger charge is 2.11. The van der Waals surface area contributed by atoms with Crippen LogP contribution < -0.4 is 11.1 Å². The van der Waals surface area contributed by atoms with Gasteiger partial charge in [0.05, 0.1) is 12.6 Å². The van der Waals surface area contributed by atoms with Crippen LogP contribution in [0.25, 0.3) is 11.1 Å². The van der Waals surface area contributed by atoms with Crippen molar-refractivity contribution in [2.75, 3.05) is 6.61 Å². The van der Waals surface area contributed by atoms with Gasteiger partial charge >= 0.3 is 5.97 Å². The minimum Gasteiger partial charge on any atom is -0.463 e. The van der Waals surface area contributed by atoms with Crippen LogP contribution in [0.2, 0.25) is 0 Å². The monoisotopic (exact) mass is 410 g/mol. The molecule has 2 aromatic rings. The van der Waals surface area contributed by atoms with Gasteiger partial charge in [-0.25, -0.2) is 9.18 Å². The summed E-state index contributed by atoms with van der Waals surface area (Å²) >= 11 is 0. The molecule has 0 bridgehead atoms. The maximum atomic E-state index is 13.8. The Hall–Kier alpha value is -3.74. The van der Waals surface area contributed by atoms with Crippen LogP contribution in [0.4, 0.5) is 4.39 Å². The van der Waals surface area contributed by atoms with Crippen LogP contribution in [0, 0.1) is 5.82 Å². The lowest BCUT2D eigenvalue weighted by Gasteiger charge is -2.14. The van der Waals surface area contributed by atoms with Crippen molar-refractivity contribution in [1.29, 1.82) is 0 Å². The summed E-state index contributed by atoms with van der Waals surface area (Å²) in [4.78, 5) is 34.6. The molecule has 0 saturated carbocycles. The van der Waals surface area contributed by atoms with Crippen LogP contribution in [0.1, 0.15) is 22.8 Å². The Morgan fingerprint density at radius 3 is 2.47 bits per heavy atom. The number of primary amides is 1. The first-order chi connectivity index (χ1) is 14.3. The fourth-order valence-corrected chi connectivity index (χ4v) is 2.78. The average molecular weight is 410 g/mol. The van der Waals surface area contributed by atoms with E-state index in [0.717, 1.165) is 17.7 Å². The fraction of sp³-hybridized carbons (Fsp3) is 0.174. The average Bonchev–Trinajstić information content (AvgIpc) is 2.72. The summed E-state index contributed by atoms with van der Waals surface area (Å²) in [5.74, 6) is -2.13. The number of nitrogens with one attached hydrogen (secondary N) is 1. The predicted octanol–water partition coefficient (Wildman–Crippen LogP) is 2.92. The Kier molecular flexibility index (Phi) is 8.05. The molecule has 2 amide bonds. The zero-order valence-corrected chi connectivity index (χ0v) is 16.6. The summed E-state index contributed by atoms with van der Waals surface area (Å²) in [6.07, 6.45) is 4.38. The van der Waals surface area contributed by atoms with Gasteiger partial charge in [0, 0.05) is 11.6 Å². The molecule has 0 radical (unpaired) electrons. The van der Waals surface area contributed by atoms with Gasteiger partial charge < -0.3 is 15.8 Å². The van der Waals surface area contributed by atoms with Gasteiger partial charge in [-0.15, -0.1) is 0 Å². The molecule has 0 heterocycles. The molecule has 0 aliphatic rings. The van der Waals surface area contributed by atoms with Gasteiger partial charge in [-0.3, -0.25) is 9.59 Å². The highest BCUT2D eigenvalue weighted by molar-refractivity contribution is 5.94. The van der Waals surface area contributed by atoms with Crippen molar-refractivity contribution in [3.8, 4) is 11.1 Å². The molecule has 0 unspecified atom stereocenters. The first kappa shape index (κ1) is 22.5. The second-order valence-electron chi connectivity index (χ2n) is 6.42. The minimum absolute atomic E-state index is 0.0883. The molecule has 0 spiro atoms. The van der Waals surface area contributed by atoms with E-state index in [1.165, 1.54) is 18.2 Å². The van der Waals surface area contributed by atoms with Crippen LogP contribution in [-0.4, -0.2) is 30.4 Å². The highest BCUT2D eigenvalue weighted by Crippen LogP contribution is 2.23. The topological polar surface area (TPSA) is 98.5 Å². The molecular formula is C23H23FN2O4. The Bertz CT molecular complexity index is 968. The number of carbonyl (C=O) groups is 3. The lowest BCUT2D eigenvalue weighted by atomic mass is 9.99. The largest absolute Gasteiger partial charge is 0.463 e. The highest BCUT2D eigenvalue weighted by atomic mass is 19.1. The SMILES string of the molecule is C=CC(=O)N[C@@H](/C=C/C(=O)OCC)Cc1ccc(-c2cc(F)cc(C(N)=O)c2)cc1. The molecule has 0 aliphatic heterocycles. The number of nitrogens with two attached hydrogens (primary N) is 1. The van der Waals surface area contributed by atoms with E-state index < -0.39 is 23.7 Å². The minimum atomic E-state index is -0.707. The summed E-state index contributed by atoms with van der Waals surface area (Å²) in [5.41, 5.74) is 7.42. The summed E-state index contributed by atoms with van der Waals surface area (Å²) in [6, 6.07) is 10.6. The third kappa shape index (κ3) is 6.70. The van der Waals surface area contributed by atoms with Crippen LogP contribution in [0.5, 0.6) is 0 Å². The molecule has 0 aromatic heterocycles. The van der Waals surface area contributed by atoms with E-state index in [0.29, 0.717) is 17.5 Å². The van der Waals surface area contributed by atoms with Crippen molar-refractivity contribution in [3.63, 3.8) is 0 Å². The fourth-order valence-electron chi connectivity index (χ4n) is 2.78. The van der Waals surface area contributed by atoms with Gasteiger partial charge in [0.15, 0.2) is 0 Å². The van der Waals surface area contributed by atoms with Crippen LogP contribution in [0.15, 0.2) is 67.3 Å². The van der Waals surface area contributed by atoms with E-state index in [1.54, 1.807) is 25.1 Å². The van der Waals surface area contributed by atoms with Gasteiger partial charge in [-0.1, -0.05) is 36.9 Å². The maximum Gasteiger partial charge on any atom is 0.330 e. The van der Waals surface area contributed by atoms with Gasteiger partial charge in [0.2, 0.25) is 11.8 Å². The molecule has 6 nitrogen and oxygen atoms in total. The van der Waals surface area contributed by atoms with Crippen molar-refractivity contribution in [2.45, 2.75) is 19.4 Å². The van der Waals surface area contributed by atoms with Crippen LogP contribution in [-0.2, 0) is 20.7 Å². The molecule has 7 heteroatoms. The number of ether oxygens (including phenoxy) is 1. The van der Waals surface area contributed by atoms with Crippen molar-refractivity contribution in [3.05, 3.63) is 84.2 Å². The second kappa shape index (κ2) is 10.7. The normalized spacial score (nSPS) is 11.7. The lowest BCUT2D eigenvalue weighted by Crippen LogP contribution is -2.33. The van der Waals surface area contributed by atoms with E-state index in [1.807, 2.05) is 12.1 Å². The summed E-state index contributed by atoms with van der Waals surface area (Å²) in [5, 5.41) is 2.73. The second-order valence-corrected chi connectivity index (χ2v) is 6.42. The van der Waals surface area contributed by atoms with Crippen molar-refractivity contribution in [1.82, 2.24) is 5.32 Å². The van der Waals surface area contributed by atoms with E-state index in [9.17, 15) is 18.8 Å². The quantitative estimate of drug-likeness (QED) is 0.491. The lowest BCUT2D eigenvalue weighted by molar-refractivity contribution is -0.137. The molecule has 1 atom stereocenters. The van der Waals surface area contributed by atoms with E-state index in [2.05, 4.69) is 11.9 Å². The van der Waals surface area contributed by atoms with E-state index >= 15 is 0 Å². The van der Waals surface area contributed by atoms with Crippen molar-refractivity contribution >= 4 is 17.8 Å². The van der Waals surface area contributed by atoms with Gasteiger partial charge in [0.1, 0.15) is 5.82 Å². The van der Waals surface area contributed by atoms with Gasteiger partial charge in [-0.2, -0.15) is 0 Å². The number of halogens is 1. The Morgan fingerprint density at radius 2 is 1.87 bits per heavy atom. The Labute approximate surface area is 174 Å². The molecule has 2 aromatic carbocycles. The first-order valence-corrected chi connectivity index (χ1v) is 9.30. The number of esters is 1. The van der Waals surface area contributed by atoms with Crippen LogP contribution in [0.3, 0.4) is 0 Å². The van der Waals surface area contributed by atoms with Gasteiger partial charge in [-0.05, 0) is 54.3 Å². The third-order valence-corrected chi connectivity index (χ3v) is 4.19. The number of rotatable bonds is 9. The Morgan fingerprint density at radius 1 is 1.17 bits per heavy atom. The zero-order valence-electron chi connectivity index (χ0n) is 16.6.